The highest BCUT2D eigenvalue weighted by atomic mass is 35.5. The summed E-state index contributed by atoms with van der Waals surface area (Å²) >= 11 is 6.09. The van der Waals surface area contributed by atoms with Crippen LogP contribution in [0.2, 0.25) is 5.02 Å². The second-order valence-electron chi connectivity index (χ2n) is 11.5. The van der Waals surface area contributed by atoms with Crippen molar-refractivity contribution in [2.75, 3.05) is 64.2 Å². The van der Waals surface area contributed by atoms with Gasteiger partial charge in [0.25, 0.3) is 0 Å². The highest BCUT2D eigenvalue weighted by Gasteiger charge is 2.36. The minimum Gasteiger partial charge on any atom is -0.444 e. The Labute approximate surface area is 237 Å². The van der Waals surface area contributed by atoms with E-state index in [4.69, 9.17) is 16.3 Å². The molecule has 2 aliphatic heterocycles. The van der Waals surface area contributed by atoms with Gasteiger partial charge in [-0.25, -0.2) is 4.79 Å². The summed E-state index contributed by atoms with van der Waals surface area (Å²) in [5.41, 5.74) is 1.44. The first-order chi connectivity index (χ1) is 18.7. The Morgan fingerprint density at radius 3 is 2.41 bits per heavy atom. The number of hydrogen-bond acceptors (Lipinski definition) is 7. The predicted octanol–water partition coefficient (Wildman–Crippen LogP) is 4.21. The van der Waals surface area contributed by atoms with Crippen molar-refractivity contribution in [3.05, 3.63) is 35.5 Å². The Hall–Kier alpha value is -2.62. The van der Waals surface area contributed by atoms with E-state index in [1.807, 2.05) is 51.2 Å². The summed E-state index contributed by atoms with van der Waals surface area (Å²) in [5.74, 6) is -0.0691. The zero-order valence-electron chi connectivity index (χ0n) is 23.5. The third kappa shape index (κ3) is 8.68. The van der Waals surface area contributed by atoms with E-state index < -0.39 is 17.7 Å². The number of carbonyl (C=O) groups is 2. The van der Waals surface area contributed by atoms with Crippen LogP contribution in [0.5, 0.6) is 0 Å². The maximum atomic E-state index is 12.7. The number of carbonyl (C=O) groups excluding carboxylic acids is 2. The molecule has 0 bridgehead atoms. The van der Waals surface area contributed by atoms with Gasteiger partial charge in [-0.1, -0.05) is 11.6 Å². The number of halogens is 1. The van der Waals surface area contributed by atoms with Crippen LogP contribution in [0.25, 0.3) is 10.9 Å². The third-order valence-electron chi connectivity index (χ3n) is 7.27. The van der Waals surface area contributed by atoms with Crippen LogP contribution in [0.4, 0.5) is 10.5 Å². The number of amides is 2. The molecule has 0 aliphatic carbocycles. The summed E-state index contributed by atoms with van der Waals surface area (Å²) < 4.78 is 5.47. The van der Waals surface area contributed by atoms with Crippen LogP contribution >= 0.6 is 11.6 Å². The molecule has 3 heterocycles. The molecule has 2 aliphatic rings. The minimum absolute atomic E-state index is 0.0691. The summed E-state index contributed by atoms with van der Waals surface area (Å²) in [5, 5.41) is 8.39. The van der Waals surface area contributed by atoms with Gasteiger partial charge in [0.05, 0.1) is 5.52 Å². The van der Waals surface area contributed by atoms with E-state index in [0.29, 0.717) is 24.5 Å². The van der Waals surface area contributed by atoms with Crippen molar-refractivity contribution < 1.29 is 14.3 Å². The first-order valence-electron chi connectivity index (χ1n) is 14.2. The third-order valence-corrected chi connectivity index (χ3v) is 7.51. The minimum atomic E-state index is -0.563. The monoisotopic (exact) mass is 558 g/mol. The zero-order chi connectivity index (χ0) is 27.8. The van der Waals surface area contributed by atoms with E-state index in [-0.39, 0.29) is 5.91 Å². The zero-order valence-corrected chi connectivity index (χ0v) is 24.3. The molecule has 2 fully saturated rings. The van der Waals surface area contributed by atoms with Crippen molar-refractivity contribution in [2.24, 2.45) is 0 Å². The summed E-state index contributed by atoms with van der Waals surface area (Å²) in [6.07, 6.45) is 4.92. The van der Waals surface area contributed by atoms with Gasteiger partial charge in [-0.2, -0.15) is 0 Å². The van der Waals surface area contributed by atoms with E-state index in [0.717, 1.165) is 81.7 Å². The lowest BCUT2D eigenvalue weighted by Crippen LogP contribution is -2.49. The van der Waals surface area contributed by atoms with Gasteiger partial charge in [0.1, 0.15) is 11.6 Å². The number of nitrogens with one attached hydrogen (secondary N) is 2. The van der Waals surface area contributed by atoms with Crippen LogP contribution in [0, 0.1) is 0 Å². The average molecular weight is 559 g/mol. The number of fused-ring (bicyclic) bond motifs is 1. The van der Waals surface area contributed by atoms with E-state index >= 15 is 0 Å². The predicted molar refractivity (Wildman–Crippen MR) is 156 cm³/mol. The molecule has 0 radical (unpaired) electrons. The van der Waals surface area contributed by atoms with Crippen molar-refractivity contribution in [1.82, 2.24) is 25.0 Å². The molecule has 1 aromatic carbocycles. The first-order valence-corrected chi connectivity index (χ1v) is 14.6. The molecule has 1 aromatic heterocycles. The fourth-order valence-electron chi connectivity index (χ4n) is 5.25. The van der Waals surface area contributed by atoms with Gasteiger partial charge in [-0.15, -0.1) is 0 Å². The molecule has 0 unspecified atom stereocenters. The van der Waals surface area contributed by atoms with Gasteiger partial charge in [0.2, 0.25) is 5.91 Å². The smallest absolute Gasteiger partial charge is 0.410 e. The fraction of sp³-hybridized carbons (Fsp3) is 0.621. The van der Waals surface area contributed by atoms with E-state index in [1.165, 1.54) is 0 Å². The Kier molecular flexibility index (Phi) is 10.3. The number of rotatable bonds is 10. The lowest BCUT2D eigenvalue weighted by Gasteiger charge is -2.34. The normalized spacial score (nSPS) is 18.9. The fourth-order valence-corrected chi connectivity index (χ4v) is 5.41. The number of aromatic nitrogens is 1. The molecule has 2 N–H and O–H groups in total. The van der Waals surface area contributed by atoms with Crippen LogP contribution in [0.1, 0.15) is 46.5 Å². The molecule has 10 heteroatoms. The van der Waals surface area contributed by atoms with Crippen LogP contribution in [0.15, 0.2) is 30.5 Å². The van der Waals surface area contributed by atoms with Crippen LogP contribution in [-0.2, 0) is 9.53 Å². The molecule has 0 spiro atoms. The van der Waals surface area contributed by atoms with Crippen molar-refractivity contribution in [3.63, 3.8) is 0 Å². The number of ether oxygens (including phenoxy) is 1. The van der Waals surface area contributed by atoms with E-state index in [1.54, 1.807) is 4.90 Å². The van der Waals surface area contributed by atoms with Gasteiger partial charge in [-0.3, -0.25) is 14.7 Å². The second-order valence-corrected chi connectivity index (χ2v) is 11.9. The number of pyridine rings is 1. The number of likely N-dealkylation sites (tertiary alicyclic amines) is 1. The van der Waals surface area contributed by atoms with E-state index in [2.05, 4.69) is 25.4 Å². The van der Waals surface area contributed by atoms with Crippen molar-refractivity contribution >= 4 is 40.2 Å². The average Bonchev–Trinajstić information content (AvgIpc) is 3.39. The maximum Gasteiger partial charge on any atom is 0.410 e. The lowest BCUT2D eigenvalue weighted by atomic mass is 10.2. The maximum absolute atomic E-state index is 12.7. The molecule has 214 valence electrons. The Morgan fingerprint density at radius 1 is 1.03 bits per heavy atom. The number of nitrogens with zero attached hydrogens (tertiary/aromatic N) is 4. The van der Waals surface area contributed by atoms with Gasteiger partial charge in [0.15, 0.2) is 0 Å². The highest BCUT2D eigenvalue weighted by Crippen LogP contribution is 2.24. The molecule has 2 aromatic rings. The SMILES string of the molecule is CC(C)(C)OC(=O)N1CCC[C@H]1C(=O)NCCCN1CCN(CCCNc2ccnc3cc(Cl)ccc23)CC1. The number of piperazine rings is 1. The molecule has 39 heavy (non-hydrogen) atoms. The van der Waals surface area contributed by atoms with Gasteiger partial charge >= 0.3 is 6.09 Å². The standard InChI is InChI=1S/C29H43ClN6O3/c1-29(2,3)39-28(38)36-16-4-7-26(36)27(37)33-12-6-15-35-19-17-34(18-20-35)14-5-11-31-24-10-13-32-25-21-22(30)8-9-23(24)25/h8-10,13,21,26H,4-7,11-12,14-20H2,1-3H3,(H,31,32)(H,33,37)/t26-/m0/s1. The highest BCUT2D eigenvalue weighted by molar-refractivity contribution is 6.31. The van der Waals surface area contributed by atoms with Crippen LogP contribution in [-0.4, -0.2) is 102 Å². The number of anilines is 1. The van der Waals surface area contributed by atoms with Gasteiger partial charge in [-0.05, 0) is 83.8 Å². The Bertz CT molecular complexity index is 1120. The number of hydrogen-bond donors (Lipinski definition) is 2. The summed E-state index contributed by atoms with van der Waals surface area (Å²) in [6.45, 7) is 13.9. The molecule has 1 atom stereocenters. The Balaban J connectivity index is 1.08. The summed E-state index contributed by atoms with van der Waals surface area (Å²) in [7, 11) is 0. The summed E-state index contributed by atoms with van der Waals surface area (Å²) in [4.78, 5) is 36.1. The topological polar surface area (TPSA) is 90.0 Å². The molecule has 4 rings (SSSR count). The quantitative estimate of drug-likeness (QED) is 0.422. The van der Waals surface area contributed by atoms with Gasteiger partial charge < -0.3 is 25.2 Å². The van der Waals surface area contributed by atoms with Crippen LogP contribution in [0.3, 0.4) is 0 Å². The molecule has 9 nitrogen and oxygen atoms in total. The lowest BCUT2D eigenvalue weighted by molar-refractivity contribution is -0.125. The Morgan fingerprint density at radius 2 is 1.72 bits per heavy atom. The molecule has 0 saturated carbocycles. The van der Waals surface area contributed by atoms with E-state index in [9.17, 15) is 9.59 Å². The van der Waals surface area contributed by atoms with Gasteiger partial charge in [0, 0.05) is 68.1 Å². The molecular formula is C29H43ClN6O3. The van der Waals surface area contributed by atoms with Crippen molar-refractivity contribution in [1.29, 1.82) is 0 Å². The van der Waals surface area contributed by atoms with Crippen molar-refractivity contribution in [2.45, 2.75) is 58.1 Å². The summed E-state index contributed by atoms with van der Waals surface area (Å²) in [6, 6.07) is 7.41. The number of benzene rings is 1. The molecule has 2 amide bonds. The molecular weight excluding hydrogens is 516 g/mol. The van der Waals surface area contributed by atoms with Crippen molar-refractivity contribution in [3.8, 4) is 0 Å². The first kappa shape index (κ1) is 29.4. The molecule has 2 saturated heterocycles. The second kappa shape index (κ2) is 13.6. The van der Waals surface area contributed by atoms with Crippen LogP contribution < -0.4 is 10.6 Å². The largest absolute Gasteiger partial charge is 0.444 e.